The van der Waals surface area contributed by atoms with Gasteiger partial charge in [0.05, 0.1) is 0 Å². The van der Waals surface area contributed by atoms with Gasteiger partial charge in [-0.2, -0.15) is 15.0 Å². The molecule has 2 heterocycles. The zero-order valence-corrected chi connectivity index (χ0v) is 14.0. The largest absolute Gasteiger partial charge is 0.453 e. The lowest BCUT2D eigenvalue weighted by Gasteiger charge is -2.11. The van der Waals surface area contributed by atoms with E-state index >= 15 is 0 Å². The Bertz CT molecular complexity index is 705. The summed E-state index contributed by atoms with van der Waals surface area (Å²) in [6.07, 6.45) is 4.49. The molecule has 2 N–H and O–H groups in total. The maximum Gasteiger partial charge on any atom is 0.348 e. The number of aromatic nitrogens is 3. The van der Waals surface area contributed by atoms with Crippen LogP contribution in [0.3, 0.4) is 0 Å². The number of fused-ring (bicyclic) bond motifs is 1. The molecule has 2 aromatic heterocycles. The first-order valence-electron chi connectivity index (χ1n) is 7.49. The zero-order chi connectivity index (χ0) is 16.4. The van der Waals surface area contributed by atoms with Crippen molar-refractivity contribution in [1.29, 1.82) is 0 Å². The summed E-state index contributed by atoms with van der Waals surface area (Å²) in [5, 5.41) is 0. The van der Waals surface area contributed by atoms with Crippen molar-refractivity contribution < 1.29 is 9.53 Å². The maximum absolute atomic E-state index is 12.2. The first kappa shape index (κ1) is 15.7. The lowest BCUT2D eigenvalue weighted by molar-refractivity contribution is 0.0468. The zero-order valence-electron chi connectivity index (χ0n) is 13.2. The molecule has 0 bridgehead atoms. The van der Waals surface area contributed by atoms with Crippen molar-refractivity contribution in [2.75, 3.05) is 24.7 Å². The second-order valence-electron chi connectivity index (χ2n) is 5.65. The van der Waals surface area contributed by atoms with Crippen LogP contribution in [0.4, 0.5) is 11.9 Å². The van der Waals surface area contributed by atoms with Gasteiger partial charge in [-0.25, -0.2) is 4.79 Å². The maximum atomic E-state index is 12.2. The lowest BCUT2D eigenvalue weighted by atomic mass is 9.99. The van der Waals surface area contributed by atoms with Crippen LogP contribution in [0.2, 0.25) is 0 Å². The van der Waals surface area contributed by atoms with Gasteiger partial charge in [-0.15, -0.1) is 11.3 Å². The highest BCUT2D eigenvalue weighted by Gasteiger charge is 2.18. The number of carbonyl (C=O) groups is 1. The molecule has 0 saturated carbocycles. The number of nitrogens with zero attached hydrogens (tertiary/aromatic N) is 4. The fourth-order valence-electron chi connectivity index (χ4n) is 2.48. The number of aryl methyl sites for hydroxylation is 2. The summed E-state index contributed by atoms with van der Waals surface area (Å²) in [7, 11) is 3.61. The van der Waals surface area contributed by atoms with Crippen molar-refractivity contribution in [3.8, 4) is 0 Å². The second-order valence-corrected chi connectivity index (χ2v) is 6.78. The molecule has 0 aromatic carbocycles. The van der Waals surface area contributed by atoms with Crippen molar-refractivity contribution in [3.05, 3.63) is 27.2 Å². The first-order chi connectivity index (χ1) is 11.0. The van der Waals surface area contributed by atoms with Gasteiger partial charge in [0.25, 0.3) is 0 Å². The molecule has 0 unspecified atom stereocenters. The molecule has 23 heavy (non-hydrogen) atoms. The highest BCUT2D eigenvalue weighted by atomic mass is 32.1. The van der Waals surface area contributed by atoms with Gasteiger partial charge in [0, 0.05) is 19.0 Å². The molecular weight excluding hydrogens is 314 g/mol. The van der Waals surface area contributed by atoms with Crippen LogP contribution in [0.5, 0.6) is 0 Å². The van der Waals surface area contributed by atoms with E-state index in [9.17, 15) is 4.79 Å². The standard InChI is InChI=1S/C15H19N5O2S/c1-20(2)15-18-12(17-14(16)19-15)8-22-13(21)11-7-9-5-3-4-6-10(9)23-11/h7H,3-6,8H2,1-2H3,(H2,16,17,18,19). The van der Waals surface area contributed by atoms with Crippen LogP contribution in [0.1, 0.15) is 38.8 Å². The van der Waals surface area contributed by atoms with E-state index in [-0.39, 0.29) is 18.5 Å². The van der Waals surface area contributed by atoms with E-state index in [1.54, 1.807) is 19.0 Å². The summed E-state index contributed by atoms with van der Waals surface area (Å²) in [6.45, 7) is -0.0189. The van der Waals surface area contributed by atoms with Gasteiger partial charge in [-0.3, -0.25) is 0 Å². The SMILES string of the molecule is CN(C)c1nc(N)nc(COC(=O)c2cc3c(s2)CCCC3)n1. The number of nitrogen functional groups attached to an aromatic ring is 1. The summed E-state index contributed by atoms with van der Waals surface area (Å²) in [6, 6.07) is 1.95. The van der Waals surface area contributed by atoms with Crippen molar-refractivity contribution in [3.63, 3.8) is 0 Å². The molecule has 0 aliphatic heterocycles. The van der Waals surface area contributed by atoms with E-state index < -0.39 is 0 Å². The van der Waals surface area contributed by atoms with Gasteiger partial charge < -0.3 is 15.4 Å². The molecule has 0 atom stereocenters. The Morgan fingerprint density at radius 2 is 2.09 bits per heavy atom. The van der Waals surface area contributed by atoms with Gasteiger partial charge in [-0.05, 0) is 37.3 Å². The quantitative estimate of drug-likeness (QED) is 0.853. The van der Waals surface area contributed by atoms with E-state index in [4.69, 9.17) is 10.5 Å². The smallest absolute Gasteiger partial charge is 0.348 e. The predicted molar refractivity (Wildman–Crippen MR) is 88.6 cm³/mol. The van der Waals surface area contributed by atoms with E-state index in [2.05, 4.69) is 15.0 Å². The molecule has 3 rings (SSSR count). The van der Waals surface area contributed by atoms with E-state index in [1.165, 1.54) is 34.6 Å². The fraction of sp³-hybridized carbons (Fsp3) is 0.467. The van der Waals surface area contributed by atoms with E-state index in [0.717, 1.165) is 12.8 Å². The van der Waals surface area contributed by atoms with Gasteiger partial charge in [0.1, 0.15) is 4.88 Å². The number of thiophene rings is 1. The lowest BCUT2D eigenvalue weighted by Crippen LogP contribution is -2.17. The highest BCUT2D eigenvalue weighted by molar-refractivity contribution is 7.14. The van der Waals surface area contributed by atoms with Crippen molar-refractivity contribution in [2.45, 2.75) is 32.3 Å². The number of anilines is 2. The summed E-state index contributed by atoms with van der Waals surface area (Å²) in [5.74, 6) is 0.558. The summed E-state index contributed by atoms with van der Waals surface area (Å²) in [5.41, 5.74) is 6.94. The van der Waals surface area contributed by atoms with Gasteiger partial charge in [0.15, 0.2) is 12.4 Å². The molecular formula is C15H19N5O2S. The molecule has 2 aromatic rings. The first-order valence-corrected chi connectivity index (χ1v) is 8.31. The van der Waals surface area contributed by atoms with Crippen LogP contribution in [0.25, 0.3) is 0 Å². The van der Waals surface area contributed by atoms with Crippen LogP contribution in [0.15, 0.2) is 6.07 Å². The minimum absolute atomic E-state index is 0.0189. The highest BCUT2D eigenvalue weighted by Crippen LogP contribution is 2.30. The van der Waals surface area contributed by atoms with Crippen LogP contribution < -0.4 is 10.6 Å². The van der Waals surface area contributed by atoms with Gasteiger partial charge >= 0.3 is 5.97 Å². The number of nitrogens with two attached hydrogens (primary N) is 1. The molecule has 1 aliphatic rings. The van der Waals surface area contributed by atoms with Crippen LogP contribution in [-0.4, -0.2) is 35.0 Å². The minimum atomic E-state index is -0.338. The van der Waals surface area contributed by atoms with Crippen LogP contribution >= 0.6 is 11.3 Å². The molecule has 0 fully saturated rings. The number of ether oxygens (including phenoxy) is 1. The van der Waals surface area contributed by atoms with Crippen LogP contribution in [-0.2, 0) is 24.2 Å². The Balaban J connectivity index is 1.68. The third kappa shape index (κ3) is 3.58. The third-order valence-electron chi connectivity index (χ3n) is 3.62. The number of rotatable bonds is 4. The minimum Gasteiger partial charge on any atom is -0.453 e. The average molecular weight is 333 g/mol. The van der Waals surface area contributed by atoms with Crippen molar-refractivity contribution in [1.82, 2.24) is 15.0 Å². The average Bonchev–Trinajstić information content (AvgIpc) is 2.96. The number of hydrogen-bond acceptors (Lipinski definition) is 8. The summed E-state index contributed by atoms with van der Waals surface area (Å²) in [4.78, 5) is 28.1. The Kier molecular flexibility index (Phi) is 4.42. The Morgan fingerprint density at radius 1 is 1.30 bits per heavy atom. The molecule has 122 valence electrons. The molecule has 7 nitrogen and oxygen atoms in total. The molecule has 0 spiro atoms. The van der Waals surface area contributed by atoms with Crippen molar-refractivity contribution >= 4 is 29.2 Å². The number of esters is 1. The van der Waals surface area contributed by atoms with Gasteiger partial charge in [0.2, 0.25) is 11.9 Å². The normalized spacial score (nSPS) is 13.5. The number of carbonyl (C=O) groups excluding carboxylic acids is 1. The van der Waals surface area contributed by atoms with Gasteiger partial charge in [-0.1, -0.05) is 0 Å². The topological polar surface area (TPSA) is 94.2 Å². The predicted octanol–water partition coefficient (Wildman–Crippen LogP) is 1.82. The van der Waals surface area contributed by atoms with E-state index in [1.807, 2.05) is 6.07 Å². The third-order valence-corrected chi connectivity index (χ3v) is 4.83. The number of hydrogen-bond donors (Lipinski definition) is 1. The Hall–Kier alpha value is -2.22. The fourth-order valence-corrected chi connectivity index (χ4v) is 3.63. The summed E-state index contributed by atoms with van der Waals surface area (Å²) >= 11 is 1.53. The van der Waals surface area contributed by atoms with Crippen LogP contribution in [0, 0.1) is 0 Å². The van der Waals surface area contributed by atoms with Crippen molar-refractivity contribution in [2.24, 2.45) is 0 Å². The molecule has 0 saturated heterocycles. The Labute approximate surface area is 138 Å². The Morgan fingerprint density at radius 3 is 2.83 bits per heavy atom. The molecule has 1 aliphatic carbocycles. The summed E-state index contributed by atoms with van der Waals surface area (Å²) < 4.78 is 5.33. The molecule has 0 amide bonds. The van der Waals surface area contributed by atoms with E-state index in [0.29, 0.717) is 16.6 Å². The molecule has 0 radical (unpaired) electrons. The second kappa shape index (κ2) is 6.49. The molecule has 8 heteroatoms. The monoisotopic (exact) mass is 333 g/mol.